The molecule has 1 fully saturated rings. The Kier molecular flexibility index (Phi) is 4.95. The molecule has 0 aliphatic heterocycles. The Labute approximate surface area is 169 Å². The first-order chi connectivity index (χ1) is 12.6. The third-order valence-corrected chi connectivity index (χ3v) is 5.41. The third kappa shape index (κ3) is 3.76. The Morgan fingerprint density at radius 2 is 1.88 bits per heavy atom. The van der Waals surface area contributed by atoms with Crippen molar-refractivity contribution in [2.45, 2.75) is 25.4 Å². The minimum atomic E-state index is 0.00347. The molecule has 0 saturated heterocycles. The van der Waals surface area contributed by atoms with E-state index in [0.29, 0.717) is 28.9 Å². The molecule has 4 rings (SSSR count). The number of halogens is 2. The molecule has 5 nitrogen and oxygen atoms in total. The number of carbonyl (C=O) groups excluding carboxylic acids is 1. The van der Waals surface area contributed by atoms with Crippen LogP contribution in [-0.2, 0) is 6.54 Å². The van der Waals surface area contributed by atoms with Crippen LogP contribution in [0.3, 0.4) is 0 Å². The molecule has 7 heteroatoms. The smallest absolute Gasteiger partial charge is 0.255 e. The number of amides is 1. The molecule has 1 saturated carbocycles. The molecule has 2 aromatic carbocycles. The van der Waals surface area contributed by atoms with E-state index in [1.807, 2.05) is 41.3 Å². The normalized spacial score (nSPS) is 13.6. The molecule has 1 amide bonds. The number of hydrogen-bond donors (Lipinski definition) is 0. The van der Waals surface area contributed by atoms with Crippen LogP contribution in [0.4, 0.5) is 0 Å². The summed E-state index contributed by atoms with van der Waals surface area (Å²) in [5, 5.41) is 8.87. The summed E-state index contributed by atoms with van der Waals surface area (Å²) in [4.78, 5) is 14.8. The summed E-state index contributed by atoms with van der Waals surface area (Å²) in [6.45, 7) is 0.315. The monoisotopic (exact) mass is 479 g/mol. The van der Waals surface area contributed by atoms with E-state index in [1.54, 1.807) is 12.1 Å². The average molecular weight is 480 g/mol. The third-order valence-electron chi connectivity index (χ3n) is 4.22. The maximum Gasteiger partial charge on any atom is 0.255 e. The summed E-state index contributed by atoms with van der Waals surface area (Å²) >= 11 is 8.10. The van der Waals surface area contributed by atoms with Gasteiger partial charge in [-0.2, -0.15) is 0 Å². The van der Waals surface area contributed by atoms with Gasteiger partial charge >= 0.3 is 0 Å². The molecule has 0 bridgehead atoms. The lowest BCUT2D eigenvalue weighted by molar-refractivity contribution is 0.0713. The van der Waals surface area contributed by atoms with Crippen molar-refractivity contribution in [3.05, 3.63) is 68.6 Å². The summed E-state index contributed by atoms with van der Waals surface area (Å²) < 4.78 is 6.71. The van der Waals surface area contributed by atoms with Crippen molar-refractivity contribution in [1.29, 1.82) is 0 Å². The van der Waals surface area contributed by atoms with Crippen molar-refractivity contribution in [3.63, 3.8) is 0 Å². The maximum atomic E-state index is 13.0. The lowest BCUT2D eigenvalue weighted by atomic mass is 10.2. The summed E-state index contributed by atoms with van der Waals surface area (Å²) in [6.07, 6.45) is 2.01. The molecule has 3 aromatic rings. The standard InChI is InChI=1S/C19H15ClIN3O2/c20-13-7-5-12(6-8-13)18-23-22-17(26-18)11-24(14-9-10-14)19(25)15-3-1-2-4-16(15)21/h1-8,14H,9-11H2. The Balaban J connectivity index is 1.55. The Hall–Kier alpha value is -1.93. The van der Waals surface area contributed by atoms with Crippen molar-refractivity contribution in [1.82, 2.24) is 15.1 Å². The van der Waals surface area contributed by atoms with Crippen molar-refractivity contribution < 1.29 is 9.21 Å². The highest BCUT2D eigenvalue weighted by Crippen LogP contribution is 2.31. The molecule has 0 spiro atoms. The predicted molar refractivity (Wildman–Crippen MR) is 107 cm³/mol. The molecule has 132 valence electrons. The summed E-state index contributed by atoms with van der Waals surface area (Å²) in [5.41, 5.74) is 1.51. The van der Waals surface area contributed by atoms with Gasteiger partial charge in [-0.05, 0) is 71.8 Å². The van der Waals surface area contributed by atoms with Gasteiger partial charge in [0.2, 0.25) is 11.8 Å². The van der Waals surface area contributed by atoms with Crippen LogP contribution in [0.5, 0.6) is 0 Å². The van der Waals surface area contributed by atoms with Crippen LogP contribution in [0.1, 0.15) is 29.1 Å². The summed E-state index contributed by atoms with van der Waals surface area (Å²) in [7, 11) is 0. The zero-order valence-corrected chi connectivity index (χ0v) is 16.6. The summed E-state index contributed by atoms with van der Waals surface area (Å²) in [5.74, 6) is 0.860. The molecular formula is C19H15ClIN3O2. The fraction of sp³-hybridized carbons (Fsp3) is 0.211. The van der Waals surface area contributed by atoms with E-state index < -0.39 is 0 Å². The van der Waals surface area contributed by atoms with Crippen LogP contribution < -0.4 is 0 Å². The van der Waals surface area contributed by atoms with Crippen LogP contribution in [0, 0.1) is 3.57 Å². The molecule has 0 atom stereocenters. The fourth-order valence-electron chi connectivity index (χ4n) is 2.71. The van der Waals surface area contributed by atoms with Gasteiger partial charge in [0, 0.05) is 20.2 Å². The fourth-order valence-corrected chi connectivity index (χ4v) is 3.46. The Morgan fingerprint density at radius 3 is 2.58 bits per heavy atom. The minimum Gasteiger partial charge on any atom is -0.419 e. The largest absolute Gasteiger partial charge is 0.419 e. The summed E-state index contributed by atoms with van der Waals surface area (Å²) in [6, 6.07) is 15.0. The maximum absolute atomic E-state index is 13.0. The van der Waals surface area contributed by atoms with Crippen molar-refractivity contribution in [2.75, 3.05) is 0 Å². The Bertz CT molecular complexity index is 938. The lowest BCUT2D eigenvalue weighted by Gasteiger charge is -2.21. The molecule has 0 N–H and O–H groups in total. The van der Waals surface area contributed by atoms with Gasteiger partial charge < -0.3 is 9.32 Å². The van der Waals surface area contributed by atoms with E-state index in [2.05, 4.69) is 32.8 Å². The highest BCUT2D eigenvalue weighted by Gasteiger charge is 2.34. The van der Waals surface area contributed by atoms with Gasteiger partial charge in [-0.15, -0.1) is 10.2 Å². The van der Waals surface area contributed by atoms with Crippen molar-refractivity contribution in [2.24, 2.45) is 0 Å². The van der Waals surface area contributed by atoms with E-state index in [1.165, 1.54) is 0 Å². The first-order valence-corrected chi connectivity index (χ1v) is 9.71. The quantitative estimate of drug-likeness (QED) is 0.493. The zero-order valence-electron chi connectivity index (χ0n) is 13.7. The topological polar surface area (TPSA) is 59.2 Å². The first-order valence-electron chi connectivity index (χ1n) is 8.25. The highest BCUT2D eigenvalue weighted by atomic mass is 127. The van der Waals surface area contributed by atoms with Crippen LogP contribution in [0.25, 0.3) is 11.5 Å². The van der Waals surface area contributed by atoms with Gasteiger partial charge in [-0.25, -0.2) is 0 Å². The minimum absolute atomic E-state index is 0.00347. The van der Waals surface area contributed by atoms with Crippen LogP contribution in [-0.4, -0.2) is 27.0 Å². The number of rotatable bonds is 5. The number of nitrogens with zero attached hydrogens (tertiary/aromatic N) is 3. The lowest BCUT2D eigenvalue weighted by Crippen LogP contribution is -2.33. The predicted octanol–water partition coefficient (Wildman–Crippen LogP) is 4.80. The van der Waals surface area contributed by atoms with E-state index in [-0.39, 0.29) is 11.9 Å². The van der Waals surface area contributed by atoms with Gasteiger partial charge in [0.15, 0.2) is 0 Å². The van der Waals surface area contributed by atoms with Gasteiger partial charge in [-0.3, -0.25) is 4.79 Å². The van der Waals surface area contributed by atoms with E-state index in [9.17, 15) is 4.79 Å². The van der Waals surface area contributed by atoms with Crippen LogP contribution in [0.2, 0.25) is 5.02 Å². The van der Waals surface area contributed by atoms with Crippen LogP contribution >= 0.6 is 34.2 Å². The highest BCUT2D eigenvalue weighted by molar-refractivity contribution is 14.1. The number of carbonyl (C=O) groups is 1. The number of aromatic nitrogens is 2. The zero-order chi connectivity index (χ0) is 18.1. The van der Waals surface area contributed by atoms with Crippen LogP contribution in [0.15, 0.2) is 52.9 Å². The van der Waals surface area contributed by atoms with Gasteiger partial charge in [0.05, 0.1) is 12.1 Å². The second kappa shape index (κ2) is 7.36. The first kappa shape index (κ1) is 17.5. The average Bonchev–Trinajstić information content (AvgIpc) is 3.38. The van der Waals surface area contributed by atoms with Crippen molar-refractivity contribution >= 4 is 40.1 Å². The van der Waals surface area contributed by atoms with Crippen molar-refractivity contribution in [3.8, 4) is 11.5 Å². The molecule has 1 aliphatic rings. The Morgan fingerprint density at radius 1 is 1.15 bits per heavy atom. The second-order valence-corrected chi connectivity index (χ2v) is 7.75. The molecule has 0 radical (unpaired) electrons. The van der Waals surface area contributed by atoms with Gasteiger partial charge in [-0.1, -0.05) is 23.7 Å². The van der Waals surface area contributed by atoms with Gasteiger partial charge in [0.25, 0.3) is 5.91 Å². The molecule has 26 heavy (non-hydrogen) atoms. The van der Waals surface area contributed by atoms with E-state index in [4.69, 9.17) is 16.0 Å². The van der Waals surface area contributed by atoms with E-state index in [0.717, 1.165) is 22.0 Å². The SMILES string of the molecule is O=C(c1ccccc1I)N(Cc1nnc(-c2ccc(Cl)cc2)o1)C1CC1. The molecule has 1 aromatic heterocycles. The number of hydrogen-bond acceptors (Lipinski definition) is 4. The molecular weight excluding hydrogens is 465 g/mol. The second-order valence-electron chi connectivity index (χ2n) is 6.15. The van der Waals surface area contributed by atoms with Gasteiger partial charge in [0.1, 0.15) is 0 Å². The number of benzene rings is 2. The molecule has 1 aliphatic carbocycles. The molecule has 1 heterocycles. The molecule has 0 unspecified atom stereocenters. The van der Waals surface area contributed by atoms with E-state index >= 15 is 0 Å².